The van der Waals surface area contributed by atoms with Crippen LogP contribution in [0.25, 0.3) is 11.0 Å². The van der Waals surface area contributed by atoms with E-state index in [1.807, 2.05) is 18.2 Å². The molecule has 124 valence electrons. The summed E-state index contributed by atoms with van der Waals surface area (Å²) in [4.78, 5) is 16.4. The molecular formula is C18H17F2N3O. The van der Waals surface area contributed by atoms with E-state index in [1.165, 1.54) is 6.07 Å². The number of benzene rings is 2. The molecule has 0 radical (unpaired) electrons. The maximum atomic E-state index is 13.2. The molecule has 0 unspecified atom stereocenters. The minimum atomic E-state index is -1.04. The highest BCUT2D eigenvalue weighted by Crippen LogP contribution is 2.19. The average molecular weight is 329 g/mol. The summed E-state index contributed by atoms with van der Waals surface area (Å²) < 4.78 is 28.2. The Kier molecular flexibility index (Phi) is 4.29. The number of nitrogens with zero attached hydrogens (tertiary/aromatic N) is 2. The number of carbonyl (C=O) groups excluding carboxylic acids is 1. The standard InChI is InChI=1S/C18H17F2N3O/c1-11(2)23-10-22-16-7-12(3-6-17(16)23)9-21-18(24)13-4-5-14(19)15(20)8-13/h3-8,10-11H,9H2,1-2H3,(H,21,24). The van der Waals surface area contributed by atoms with Gasteiger partial charge in [0.05, 0.1) is 17.4 Å². The molecule has 0 bridgehead atoms. The summed E-state index contributed by atoms with van der Waals surface area (Å²) in [6, 6.07) is 9.16. The molecule has 0 saturated carbocycles. The fourth-order valence-corrected chi connectivity index (χ4v) is 2.52. The zero-order chi connectivity index (χ0) is 17.3. The number of hydrogen-bond acceptors (Lipinski definition) is 2. The summed E-state index contributed by atoms with van der Waals surface area (Å²) in [5, 5.41) is 2.69. The van der Waals surface area contributed by atoms with Gasteiger partial charge in [-0.05, 0) is 49.7 Å². The van der Waals surface area contributed by atoms with Crippen LogP contribution < -0.4 is 5.32 Å². The van der Waals surface area contributed by atoms with Gasteiger partial charge in [0.2, 0.25) is 0 Å². The van der Waals surface area contributed by atoms with E-state index in [0.29, 0.717) is 6.04 Å². The van der Waals surface area contributed by atoms with E-state index in [2.05, 4.69) is 28.7 Å². The topological polar surface area (TPSA) is 46.9 Å². The molecule has 3 aromatic rings. The summed E-state index contributed by atoms with van der Waals surface area (Å²) in [5.74, 6) is -2.47. The van der Waals surface area contributed by atoms with Crippen LogP contribution in [0.1, 0.15) is 35.8 Å². The van der Waals surface area contributed by atoms with Crippen molar-refractivity contribution in [2.24, 2.45) is 0 Å². The Balaban J connectivity index is 1.73. The first kappa shape index (κ1) is 16.1. The first-order chi connectivity index (χ1) is 11.5. The normalized spacial score (nSPS) is 11.2. The van der Waals surface area contributed by atoms with Crippen molar-refractivity contribution in [2.75, 3.05) is 0 Å². The second kappa shape index (κ2) is 6.39. The van der Waals surface area contributed by atoms with Crippen LogP contribution in [0.4, 0.5) is 8.78 Å². The molecule has 0 saturated heterocycles. The van der Waals surface area contributed by atoms with Crippen LogP contribution in [0.15, 0.2) is 42.7 Å². The lowest BCUT2D eigenvalue weighted by Crippen LogP contribution is -2.23. The highest BCUT2D eigenvalue weighted by Gasteiger charge is 2.10. The van der Waals surface area contributed by atoms with Crippen molar-refractivity contribution in [3.05, 3.63) is 65.5 Å². The molecule has 0 atom stereocenters. The summed E-state index contributed by atoms with van der Waals surface area (Å²) in [6.45, 7) is 4.44. The number of hydrogen-bond donors (Lipinski definition) is 1. The fraction of sp³-hybridized carbons (Fsp3) is 0.222. The zero-order valence-corrected chi connectivity index (χ0v) is 13.4. The summed E-state index contributed by atoms with van der Waals surface area (Å²) in [5.41, 5.74) is 2.84. The molecule has 0 spiro atoms. The molecular weight excluding hydrogens is 312 g/mol. The monoisotopic (exact) mass is 329 g/mol. The quantitative estimate of drug-likeness (QED) is 0.791. The summed E-state index contributed by atoms with van der Waals surface area (Å²) in [7, 11) is 0. The van der Waals surface area contributed by atoms with Crippen molar-refractivity contribution in [1.29, 1.82) is 0 Å². The van der Waals surface area contributed by atoms with Crippen molar-refractivity contribution in [3.63, 3.8) is 0 Å². The van der Waals surface area contributed by atoms with Crippen LogP contribution in [-0.4, -0.2) is 15.5 Å². The van der Waals surface area contributed by atoms with E-state index >= 15 is 0 Å². The summed E-state index contributed by atoms with van der Waals surface area (Å²) in [6.07, 6.45) is 1.79. The minimum Gasteiger partial charge on any atom is -0.348 e. The number of imidazole rings is 1. The third kappa shape index (κ3) is 3.13. The predicted octanol–water partition coefficient (Wildman–Crippen LogP) is 3.83. The lowest BCUT2D eigenvalue weighted by molar-refractivity contribution is 0.0950. The summed E-state index contributed by atoms with van der Waals surface area (Å²) >= 11 is 0. The minimum absolute atomic E-state index is 0.0825. The van der Waals surface area contributed by atoms with E-state index in [9.17, 15) is 13.6 Å². The molecule has 0 fully saturated rings. The Bertz CT molecular complexity index is 902. The fourth-order valence-electron chi connectivity index (χ4n) is 2.52. The Morgan fingerprint density at radius 1 is 1.17 bits per heavy atom. The molecule has 0 aliphatic heterocycles. The Morgan fingerprint density at radius 2 is 1.96 bits per heavy atom. The van der Waals surface area contributed by atoms with Crippen LogP contribution in [0, 0.1) is 11.6 Å². The largest absolute Gasteiger partial charge is 0.348 e. The van der Waals surface area contributed by atoms with Gasteiger partial charge in [0, 0.05) is 18.2 Å². The van der Waals surface area contributed by atoms with Crippen molar-refractivity contribution < 1.29 is 13.6 Å². The molecule has 4 nitrogen and oxygen atoms in total. The molecule has 2 aromatic carbocycles. The van der Waals surface area contributed by atoms with Gasteiger partial charge in [-0.2, -0.15) is 0 Å². The van der Waals surface area contributed by atoms with Crippen molar-refractivity contribution in [1.82, 2.24) is 14.9 Å². The van der Waals surface area contributed by atoms with Crippen molar-refractivity contribution in [2.45, 2.75) is 26.4 Å². The highest BCUT2D eigenvalue weighted by atomic mass is 19.2. The van der Waals surface area contributed by atoms with E-state index in [0.717, 1.165) is 28.7 Å². The number of nitrogens with one attached hydrogen (secondary N) is 1. The maximum absolute atomic E-state index is 13.2. The lowest BCUT2D eigenvalue weighted by Gasteiger charge is -2.09. The van der Waals surface area contributed by atoms with E-state index < -0.39 is 17.5 Å². The SMILES string of the molecule is CC(C)n1cnc2cc(CNC(=O)c3ccc(F)c(F)c3)ccc21. The Labute approximate surface area is 138 Å². The maximum Gasteiger partial charge on any atom is 0.251 e. The van der Waals surface area contributed by atoms with Gasteiger partial charge < -0.3 is 9.88 Å². The second-order valence-corrected chi connectivity index (χ2v) is 5.88. The lowest BCUT2D eigenvalue weighted by atomic mass is 10.1. The van der Waals surface area contributed by atoms with Gasteiger partial charge in [-0.15, -0.1) is 0 Å². The molecule has 1 N–H and O–H groups in total. The zero-order valence-electron chi connectivity index (χ0n) is 13.4. The van der Waals surface area contributed by atoms with Gasteiger partial charge in [-0.1, -0.05) is 6.07 Å². The number of halogens is 2. The van der Waals surface area contributed by atoms with Gasteiger partial charge >= 0.3 is 0 Å². The van der Waals surface area contributed by atoms with Gasteiger partial charge in [-0.25, -0.2) is 13.8 Å². The van der Waals surface area contributed by atoms with E-state index in [1.54, 1.807) is 6.33 Å². The molecule has 1 heterocycles. The number of aromatic nitrogens is 2. The molecule has 1 amide bonds. The van der Waals surface area contributed by atoms with Crippen LogP contribution in [-0.2, 0) is 6.54 Å². The van der Waals surface area contributed by atoms with Gasteiger partial charge in [0.25, 0.3) is 5.91 Å². The third-order valence-corrected chi connectivity index (χ3v) is 3.83. The van der Waals surface area contributed by atoms with E-state index in [-0.39, 0.29) is 12.1 Å². The van der Waals surface area contributed by atoms with Crippen molar-refractivity contribution in [3.8, 4) is 0 Å². The first-order valence-corrected chi connectivity index (χ1v) is 7.64. The highest BCUT2D eigenvalue weighted by molar-refractivity contribution is 5.94. The predicted molar refractivity (Wildman–Crippen MR) is 87.6 cm³/mol. The molecule has 6 heteroatoms. The van der Waals surface area contributed by atoms with Crippen LogP contribution in [0.2, 0.25) is 0 Å². The number of amides is 1. The van der Waals surface area contributed by atoms with Crippen LogP contribution in [0.3, 0.4) is 0 Å². The number of rotatable bonds is 4. The van der Waals surface area contributed by atoms with E-state index in [4.69, 9.17) is 0 Å². The van der Waals surface area contributed by atoms with Gasteiger partial charge in [0.1, 0.15) is 0 Å². The van der Waals surface area contributed by atoms with Gasteiger partial charge in [-0.3, -0.25) is 4.79 Å². The van der Waals surface area contributed by atoms with Crippen molar-refractivity contribution >= 4 is 16.9 Å². The first-order valence-electron chi connectivity index (χ1n) is 7.64. The molecule has 3 rings (SSSR count). The van der Waals surface area contributed by atoms with Crippen LogP contribution >= 0.6 is 0 Å². The number of fused-ring (bicyclic) bond motifs is 1. The molecule has 0 aliphatic carbocycles. The van der Waals surface area contributed by atoms with Crippen LogP contribution in [0.5, 0.6) is 0 Å². The number of carbonyl (C=O) groups is 1. The smallest absolute Gasteiger partial charge is 0.251 e. The Hall–Kier alpha value is -2.76. The molecule has 0 aliphatic rings. The average Bonchev–Trinajstić information content (AvgIpc) is 2.98. The molecule has 24 heavy (non-hydrogen) atoms. The second-order valence-electron chi connectivity index (χ2n) is 5.88. The Morgan fingerprint density at radius 3 is 2.67 bits per heavy atom. The molecule has 1 aromatic heterocycles. The van der Waals surface area contributed by atoms with Gasteiger partial charge in [0.15, 0.2) is 11.6 Å². The third-order valence-electron chi connectivity index (χ3n) is 3.83.